The Labute approximate surface area is 109 Å². The Morgan fingerprint density at radius 3 is 2.61 bits per heavy atom. The molecular formula is C13H25N3O2. The van der Waals surface area contributed by atoms with Crippen LogP contribution in [0.25, 0.3) is 0 Å². The average molecular weight is 255 g/mol. The fourth-order valence-electron chi connectivity index (χ4n) is 2.35. The van der Waals surface area contributed by atoms with E-state index in [1.807, 2.05) is 20.9 Å². The van der Waals surface area contributed by atoms with Gasteiger partial charge in [-0.3, -0.25) is 9.59 Å². The van der Waals surface area contributed by atoms with Crippen molar-refractivity contribution in [1.82, 2.24) is 15.5 Å². The zero-order valence-electron chi connectivity index (χ0n) is 11.7. The molecule has 5 nitrogen and oxygen atoms in total. The Balaban J connectivity index is 2.50. The molecule has 2 N–H and O–H groups in total. The summed E-state index contributed by atoms with van der Waals surface area (Å²) in [4.78, 5) is 25.6. The van der Waals surface area contributed by atoms with Crippen LogP contribution in [0.1, 0.15) is 33.1 Å². The summed E-state index contributed by atoms with van der Waals surface area (Å²) in [6.45, 7) is 6.23. The van der Waals surface area contributed by atoms with Gasteiger partial charge in [-0.25, -0.2) is 0 Å². The standard InChI is InChI=1S/C13H25N3O2/c1-10(2)12(16-9-4-6-11(16)17)13(18)15-8-5-7-14-3/h10,12,14H,4-9H2,1-3H3,(H,15,18). The van der Waals surface area contributed by atoms with E-state index in [1.54, 1.807) is 4.90 Å². The fourth-order valence-corrected chi connectivity index (χ4v) is 2.35. The van der Waals surface area contributed by atoms with Gasteiger partial charge in [-0.05, 0) is 32.4 Å². The normalized spacial score (nSPS) is 17.3. The van der Waals surface area contributed by atoms with Crippen LogP contribution in [0, 0.1) is 5.92 Å². The number of hydrogen-bond acceptors (Lipinski definition) is 3. The minimum absolute atomic E-state index is 0.0173. The van der Waals surface area contributed by atoms with Crippen molar-refractivity contribution in [2.75, 3.05) is 26.7 Å². The van der Waals surface area contributed by atoms with E-state index < -0.39 is 0 Å². The minimum Gasteiger partial charge on any atom is -0.354 e. The van der Waals surface area contributed by atoms with Gasteiger partial charge in [-0.15, -0.1) is 0 Å². The highest BCUT2D eigenvalue weighted by molar-refractivity contribution is 5.88. The van der Waals surface area contributed by atoms with Crippen molar-refractivity contribution in [3.8, 4) is 0 Å². The first-order valence-corrected chi connectivity index (χ1v) is 6.79. The van der Waals surface area contributed by atoms with E-state index in [1.165, 1.54) is 0 Å². The van der Waals surface area contributed by atoms with Crippen molar-refractivity contribution >= 4 is 11.8 Å². The van der Waals surface area contributed by atoms with Gasteiger partial charge in [0.05, 0.1) is 0 Å². The third kappa shape index (κ3) is 3.98. The molecule has 0 aromatic carbocycles. The maximum Gasteiger partial charge on any atom is 0.243 e. The summed E-state index contributed by atoms with van der Waals surface area (Å²) in [6, 6.07) is -0.311. The molecular weight excluding hydrogens is 230 g/mol. The molecule has 1 aliphatic heterocycles. The van der Waals surface area contributed by atoms with Crippen LogP contribution in [-0.2, 0) is 9.59 Å². The van der Waals surface area contributed by atoms with Gasteiger partial charge in [-0.1, -0.05) is 13.8 Å². The van der Waals surface area contributed by atoms with Gasteiger partial charge in [-0.2, -0.15) is 0 Å². The smallest absolute Gasteiger partial charge is 0.243 e. The lowest BCUT2D eigenvalue weighted by Crippen LogP contribution is -2.50. The van der Waals surface area contributed by atoms with Crippen LogP contribution in [0.15, 0.2) is 0 Å². The second kappa shape index (κ2) is 7.36. The van der Waals surface area contributed by atoms with Crippen molar-refractivity contribution in [2.45, 2.75) is 39.2 Å². The average Bonchev–Trinajstić information content (AvgIpc) is 2.71. The molecule has 0 spiro atoms. The van der Waals surface area contributed by atoms with Crippen molar-refractivity contribution in [1.29, 1.82) is 0 Å². The van der Waals surface area contributed by atoms with Crippen LogP contribution in [0.4, 0.5) is 0 Å². The molecule has 1 saturated heterocycles. The molecule has 0 bridgehead atoms. The molecule has 1 fully saturated rings. The first-order chi connectivity index (χ1) is 8.57. The predicted molar refractivity (Wildman–Crippen MR) is 71.1 cm³/mol. The molecule has 1 atom stereocenters. The highest BCUT2D eigenvalue weighted by Crippen LogP contribution is 2.19. The van der Waals surface area contributed by atoms with Gasteiger partial charge in [0, 0.05) is 19.5 Å². The highest BCUT2D eigenvalue weighted by atomic mass is 16.2. The monoisotopic (exact) mass is 255 g/mol. The van der Waals surface area contributed by atoms with Gasteiger partial charge in [0.1, 0.15) is 6.04 Å². The molecule has 1 aliphatic rings. The van der Waals surface area contributed by atoms with E-state index >= 15 is 0 Å². The summed E-state index contributed by atoms with van der Waals surface area (Å²) < 4.78 is 0. The fraction of sp³-hybridized carbons (Fsp3) is 0.846. The SMILES string of the molecule is CNCCCNC(=O)C(C(C)C)N1CCCC1=O. The molecule has 1 unspecified atom stereocenters. The molecule has 18 heavy (non-hydrogen) atoms. The maximum atomic E-state index is 12.2. The molecule has 0 saturated carbocycles. The van der Waals surface area contributed by atoms with E-state index in [9.17, 15) is 9.59 Å². The number of amides is 2. The Morgan fingerprint density at radius 1 is 1.39 bits per heavy atom. The quantitative estimate of drug-likeness (QED) is 0.646. The summed E-state index contributed by atoms with van der Waals surface area (Å²) in [6.07, 6.45) is 2.35. The molecule has 1 rings (SSSR count). The molecule has 1 heterocycles. The lowest BCUT2D eigenvalue weighted by molar-refractivity contribution is -0.139. The van der Waals surface area contributed by atoms with Gasteiger partial charge < -0.3 is 15.5 Å². The number of likely N-dealkylation sites (tertiary alicyclic amines) is 1. The van der Waals surface area contributed by atoms with Crippen LogP contribution < -0.4 is 10.6 Å². The van der Waals surface area contributed by atoms with Crippen LogP contribution >= 0.6 is 0 Å². The molecule has 0 aliphatic carbocycles. The third-order valence-corrected chi connectivity index (χ3v) is 3.25. The molecule has 2 amide bonds. The summed E-state index contributed by atoms with van der Waals surface area (Å²) in [5.41, 5.74) is 0. The largest absolute Gasteiger partial charge is 0.354 e. The zero-order valence-corrected chi connectivity index (χ0v) is 11.7. The molecule has 0 radical (unpaired) electrons. The number of carbonyl (C=O) groups is 2. The topological polar surface area (TPSA) is 61.4 Å². The summed E-state index contributed by atoms with van der Waals surface area (Å²) in [5, 5.41) is 5.96. The van der Waals surface area contributed by atoms with E-state index in [0.717, 1.165) is 19.4 Å². The minimum atomic E-state index is -0.311. The summed E-state index contributed by atoms with van der Waals surface area (Å²) in [5.74, 6) is 0.242. The third-order valence-electron chi connectivity index (χ3n) is 3.25. The van der Waals surface area contributed by atoms with E-state index in [0.29, 0.717) is 19.5 Å². The first-order valence-electron chi connectivity index (χ1n) is 6.79. The van der Waals surface area contributed by atoms with Gasteiger partial charge in [0.15, 0.2) is 0 Å². The van der Waals surface area contributed by atoms with Crippen molar-refractivity contribution in [2.24, 2.45) is 5.92 Å². The highest BCUT2D eigenvalue weighted by Gasteiger charge is 2.34. The van der Waals surface area contributed by atoms with Crippen LogP contribution in [0.5, 0.6) is 0 Å². The Bertz CT molecular complexity index is 292. The predicted octanol–water partition coefficient (Wildman–Crippen LogP) is 0.359. The van der Waals surface area contributed by atoms with Crippen LogP contribution in [0.3, 0.4) is 0 Å². The van der Waals surface area contributed by atoms with Crippen molar-refractivity contribution in [3.63, 3.8) is 0 Å². The van der Waals surface area contributed by atoms with E-state index in [2.05, 4.69) is 10.6 Å². The Morgan fingerprint density at radius 2 is 2.11 bits per heavy atom. The number of hydrogen-bond donors (Lipinski definition) is 2. The van der Waals surface area contributed by atoms with Crippen molar-refractivity contribution < 1.29 is 9.59 Å². The molecule has 0 aromatic rings. The van der Waals surface area contributed by atoms with Gasteiger partial charge >= 0.3 is 0 Å². The number of carbonyl (C=O) groups excluding carboxylic acids is 2. The number of nitrogens with zero attached hydrogens (tertiary/aromatic N) is 1. The van der Waals surface area contributed by atoms with Crippen LogP contribution in [0.2, 0.25) is 0 Å². The van der Waals surface area contributed by atoms with Crippen LogP contribution in [-0.4, -0.2) is 49.4 Å². The van der Waals surface area contributed by atoms with Gasteiger partial charge in [0.2, 0.25) is 11.8 Å². The molecule has 5 heteroatoms. The Hall–Kier alpha value is -1.10. The van der Waals surface area contributed by atoms with E-state index in [4.69, 9.17) is 0 Å². The number of rotatable bonds is 7. The Kier molecular flexibility index (Phi) is 6.12. The lowest BCUT2D eigenvalue weighted by Gasteiger charge is -2.29. The summed E-state index contributed by atoms with van der Waals surface area (Å²) in [7, 11) is 1.89. The second-order valence-electron chi connectivity index (χ2n) is 5.13. The molecule has 104 valence electrons. The second-order valence-corrected chi connectivity index (χ2v) is 5.13. The van der Waals surface area contributed by atoms with E-state index in [-0.39, 0.29) is 23.8 Å². The number of nitrogens with one attached hydrogen (secondary N) is 2. The maximum absolute atomic E-state index is 12.2. The van der Waals surface area contributed by atoms with Gasteiger partial charge in [0.25, 0.3) is 0 Å². The first kappa shape index (κ1) is 15.0. The lowest BCUT2D eigenvalue weighted by atomic mass is 10.0. The molecule has 0 aromatic heterocycles. The zero-order chi connectivity index (χ0) is 13.5. The van der Waals surface area contributed by atoms with Crippen molar-refractivity contribution in [3.05, 3.63) is 0 Å². The summed E-state index contributed by atoms with van der Waals surface area (Å²) >= 11 is 0.